The molecule has 1 unspecified atom stereocenters. The monoisotopic (exact) mass is 323 g/mol. The van der Waals surface area contributed by atoms with Crippen molar-refractivity contribution in [3.8, 4) is 0 Å². The number of aromatic nitrogens is 2. The van der Waals surface area contributed by atoms with E-state index in [1.54, 1.807) is 13.4 Å². The molecule has 0 bridgehead atoms. The Balaban J connectivity index is 0.00000112. The minimum atomic E-state index is 0. The van der Waals surface area contributed by atoms with Crippen molar-refractivity contribution in [2.75, 3.05) is 32.8 Å². The molecule has 0 aliphatic carbocycles. The number of halogens is 1. The lowest BCUT2D eigenvalue weighted by Gasteiger charge is -2.27. The molecule has 0 spiro atoms. The van der Waals surface area contributed by atoms with E-state index in [9.17, 15) is 0 Å². The minimum absolute atomic E-state index is 0. The first-order valence-corrected chi connectivity index (χ1v) is 4.43. The fraction of sp³-hybridized carbons (Fsp3) is 0.500. The van der Waals surface area contributed by atoms with Crippen LogP contribution in [0, 0.1) is 0 Å². The highest BCUT2D eigenvalue weighted by Gasteiger charge is 2.30. The molecule has 1 aliphatic heterocycles. The molecule has 2 heterocycles. The largest absolute Gasteiger partial charge is 1.00 e. The SMILES string of the molecule is CON=C1c2[nH]cnc2N(C)C[NH+]1C.[I-]. The van der Waals surface area contributed by atoms with E-state index in [0.717, 1.165) is 24.0 Å². The van der Waals surface area contributed by atoms with Gasteiger partial charge in [-0.2, -0.15) is 0 Å². The Morgan fingerprint density at radius 2 is 2.40 bits per heavy atom. The average molecular weight is 323 g/mol. The van der Waals surface area contributed by atoms with Gasteiger partial charge >= 0.3 is 0 Å². The fourth-order valence-corrected chi connectivity index (χ4v) is 1.68. The number of nitrogens with one attached hydrogen (secondary N) is 2. The van der Waals surface area contributed by atoms with Crippen LogP contribution in [0.5, 0.6) is 0 Å². The van der Waals surface area contributed by atoms with Crippen LogP contribution >= 0.6 is 0 Å². The summed E-state index contributed by atoms with van der Waals surface area (Å²) in [7, 11) is 5.60. The highest BCUT2D eigenvalue weighted by Crippen LogP contribution is 2.14. The molecule has 0 amide bonds. The normalized spacial score (nSPS) is 22.2. The summed E-state index contributed by atoms with van der Waals surface area (Å²) >= 11 is 0. The molecule has 1 aromatic rings. The van der Waals surface area contributed by atoms with Crippen molar-refractivity contribution in [1.82, 2.24) is 9.97 Å². The number of quaternary nitrogens is 1. The van der Waals surface area contributed by atoms with Crippen molar-refractivity contribution in [3.05, 3.63) is 12.0 Å². The van der Waals surface area contributed by atoms with Gasteiger partial charge in [0, 0.05) is 7.05 Å². The van der Waals surface area contributed by atoms with Crippen molar-refractivity contribution in [1.29, 1.82) is 0 Å². The van der Waals surface area contributed by atoms with Crippen molar-refractivity contribution >= 4 is 11.7 Å². The summed E-state index contributed by atoms with van der Waals surface area (Å²) in [6.07, 6.45) is 1.67. The van der Waals surface area contributed by atoms with Gasteiger partial charge in [0.1, 0.15) is 7.11 Å². The lowest BCUT2D eigenvalue weighted by atomic mass is 10.3. The summed E-state index contributed by atoms with van der Waals surface area (Å²) < 4.78 is 0. The number of nitrogens with zero attached hydrogens (tertiary/aromatic N) is 3. The number of aromatic amines is 1. The summed E-state index contributed by atoms with van der Waals surface area (Å²) in [5.74, 6) is 1.78. The van der Waals surface area contributed by atoms with Gasteiger partial charge in [-0.15, -0.1) is 0 Å². The molecule has 6 nitrogen and oxygen atoms in total. The van der Waals surface area contributed by atoms with Crippen LogP contribution < -0.4 is 33.8 Å². The maximum Gasteiger partial charge on any atom is 0.289 e. The summed E-state index contributed by atoms with van der Waals surface area (Å²) in [5, 5.41) is 3.99. The number of hydrogen-bond acceptors (Lipinski definition) is 4. The van der Waals surface area contributed by atoms with Crippen LogP contribution in [0.15, 0.2) is 11.5 Å². The molecule has 1 aromatic heterocycles. The van der Waals surface area contributed by atoms with Gasteiger partial charge in [0.05, 0.1) is 13.4 Å². The van der Waals surface area contributed by atoms with Crippen molar-refractivity contribution in [2.24, 2.45) is 5.16 Å². The number of hydrogen-bond donors (Lipinski definition) is 2. The van der Waals surface area contributed by atoms with Crippen LogP contribution in [0.25, 0.3) is 0 Å². The average Bonchev–Trinajstić information content (AvgIpc) is 2.60. The Bertz CT molecular complexity index is 364. The van der Waals surface area contributed by atoms with Crippen molar-refractivity contribution in [2.45, 2.75) is 0 Å². The zero-order chi connectivity index (χ0) is 10.1. The number of amidine groups is 1. The number of anilines is 1. The van der Waals surface area contributed by atoms with Crippen LogP contribution in [-0.2, 0) is 4.84 Å². The summed E-state index contributed by atoms with van der Waals surface area (Å²) in [4.78, 5) is 15.4. The number of rotatable bonds is 1. The van der Waals surface area contributed by atoms with Gasteiger partial charge in [0.25, 0.3) is 5.84 Å². The van der Waals surface area contributed by atoms with Gasteiger partial charge in [-0.3, -0.25) is 4.90 Å². The first-order valence-electron chi connectivity index (χ1n) is 4.43. The molecule has 84 valence electrons. The van der Waals surface area contributed by atoms with E-state index in [4.69, 9.17) is 4.84 Å². The van der Waals surface area contributed by atoms with Crippen molar-refractivity contribution in [3.63, 3.8) is 0 Å². The predicted octanol–water partition coefficient (Wildman–Crippen LogP) is -4.36. The van der Waals surface area contributed by atoms with E-state index in [-0.39, 0.29) is 24.0 Å². The molecule has 0 radical (unpaired) electrons. The van der Waals surface area contributed by atoms with Crippen LogP contribution in [-0.4, -0.2) is 43.7 Å². The van der Waals surface area contributed by atoms with Crippen molar-refractivity contribution < 1.29 is 33.7 Å². The van der Waals surface area contributed by atoms with Gasteiger partial charge in [-0.25, -0.2) is 4.98 Å². The van der Waals surface area contributed by atoms with E-state index in [2.05, 4.69) is 20.0 Å². The molecule has 2 rings (SSSR count). The minimum Gasteiger partial charge on any atom is -1.00 e. The third kappa shape index (κ3) is 2.07. The van der Waals surface area contributed by atoms with Crippen LogP contribution in [0.1, 0.15) is 5.69 Å². The van der Waals surface area contributed by atoms with Gasteiger partial charge in [0.2, 0.25) is 0 Å². The quantitative estimate of drug-likeness (QED) is 0.406. The van der Waals surface area contributed by atoms with E-state index in [1.165, 1.54) is 4.90 Å². The smallest absolute Gasteiger partial charge is 0.289 e. The Morgan fingerprint density at radius 3 is 3.07 bits per heavy atom. The second-order valence-electron chi connectivity index (χ2n) is 3.36. The maximum atomic E-state index is 4.81. The molecule has 1 aliphatic rings. The molecule has 0 saturated carbocycles. The summed E-state index contributed by atoms with van der Waals surface area (Å²) in [5.41, 5.74) is 0.929. The lowest BCUT2D eigenvalue weighted by Crippen LogP contribution is -3.14. The topological polar surface area (TPSA) is 57.9 Å². The summed E-state index contributed by atoms with van der Waals surface area (Å²) in [6, 6.07) is 0. The Hall–Kier alpha value is -0.830. The second kappa shape index (κ2) is 4.79. The Labute approximate surface area is 105 Å². The Kier molecular flexibility index (Phi) is 3.91. The summed E-state index contributed by atoms with van der Waals surface area (Å²) in [6.45, 7) is 0.833. The fourth-order valence-electron chi connectivity index (χ4n) is 1.68. The van der Waals surface area contributed by atoms with Crippen LogP contribution in [0.2, 0.25) is 0 Å². The highest BCUT2D eigenvalue weighted by atomic mass is 127. The van der Waals surface area contributed by atoms with E-state index < -0.39 is 0 Å². The molecule has 0 fully saturated rings. The third-order valence-corrected chi connectivity index (χ3v) is 2.28. The predicted molar refractivity (Wildman–Crippen MR) is 52.3 cm³/mol. The van der Waals surface area contributed by atoms with Gasteiger partial charge in [0.15, 0.2) is 18.2 Å². The number of oxime groups is 1. The number of fused-ring (bicyclic) bond motifs is 1. The molecule has 0 saturated heterocycles. The zero-order valence-corrected chi connectivity index (χ0v) is 11.1. The lowest BCUT2D eigenvalue weighted by molar-refractivity contribution is -0.783. The van der Waals surface area contributed by atoms with Gasteiger partial charge in [-0.1, -0.05) is 0 Å². The van der Waals surface area contributed by atoms with Gasteiger partial charge in [-0.05, 0) is 5.16 Å². The molecule has 7 heteroatoms. The molecule has 15 heavy (non-hydrogen) atoms. The first kappa shape index (κ1) is 12.2. The molecular weight excluding hydrogens is 309 g/mol. The standard InChI is InChI=1S/C8H13N5O.HI/c1-12-5-13(2)8(11-14-3)6-7(12)10-4-9-6;/h4H,5H2,1-3H3,(H,9,10);1H. The van der Waals surface area contributed by atoms with E-state index >= 15 is 0 Å². The number of H-pyrrole nitrogens is 1. The molecule has 0 aromatic carbocycles. The van der Waals surface area contributed by atoms with Crippen LogP contribution in [0.4, 0.5) is 5.82 Å². The van der Waals surface area contributed by atoms with E-state index in [0.29, 0.717) is 0 Å². The van der Waals surface area contributed by atoms with Gasteiger partial charge < -0.3 is 38.7 Å². The number of imidazole rings is 1. The van der Waals surface area contributed by atoms with E-state index in [1.807, 2.05) is 14.1 Å². The first-order chi connectivity index (χ1) is 6.74. The van der Waals surface area contributed by atoms with Crippen LogP contribution in [0.3, 0.4) is 0 Å². The zero-order valence-electron chi connectivity index (χ0n) is 8.91. The Morgan fingerprint density at radius 1 is 1.67 bits per heavy atom. The second-order valence-corrected chi connectivity index (χ2v) is 3.36. The maximum absolute atomic E-state index is 4.81. The molecule has 2 N–H and O–H groups in total. The molecular formula is C8H14IN5O. The highest BCUT2D eigenvalue weighted by molar-refractivity contribution is 5.95. The molecule has 1 atom stereocenters. The third-order valence-electron chi connectivity index (χ3n) is 2.28.